The Morgan fingerprint density at radius 1 is 1.26 bits per heavy atom. The Labute approximate surface area is 112 Å². The topological polar surface area (TPSA) is 75.3 Å². The van der Waals surface area contributed by atoms with Gasteiger partial charge in [-0.2, -0.15) is 0 Å². The molecule has 0 saturated carbocycles. The molecule has 0 aliphatic carbocycles. The molecule has 1 amide bonds. The third-order valence-electron chi connectivity index (χ3n) is 4.33. The average Bonchev–Trinajstić information content (AvgIpc) is 2.63. The van der Waals surface area contributed by atoms with Crippen LogP contribution in [0.2, 0.25) is 0 Å². The first kappa shape index (κ1) is 12.3. The van der Waals surface area contributed by atoms with Gasteiger partial charge in [-0.25, -0.2) is 9.97 Å². The van der Waals surface area contributed by atoms with Crippen LogP contribution in [-0.4, -0.2) is 57.9 Å². The van der Waals surface area contributed by atoms with Crippen LogP contribution in [0, 0.1) is 0 Å². The number of fused-ring (bicyclic) bond motifs is 2. The van der Waals surface area contributed by atoms with E-state index >= 15 is 0 Å². The summed E-state index contributed by atoms with van der Waals surface area (Å²) in [5, 5.41) is 0. The molecule has 1 aromatic rings. The zero-order chi connectivity index (χ0) is 13.4. The molecule has 6 nitrogen and oxygen atoms in total. The number of nitrogens with zero attached hydrogens (tertiary/aromatic N) is 4. The van der Waals surface area contributed by atoms with E-state index in [0.29, 0.717) is 23.6 Å². The van der Waals surface area contributed by atoms with Gasteiger partial charge in [0.2, 0.25) is 0 Å². The highest BCUT2D eigenvalue weighted by atomic mass is 16.2. The quantitative estimate of drug-likeness (QED) is 0.790. The van der Waals surface area contributed by atoms with Gasteiger partial charge in [-0.05, 0) is 26.3 Å². The van der Waals surface area contributed by atoms with E-state index < -0.39 is 0 Å². The minimum absolute atomic E-state index is 0.0338. The van der Waals surface area contributed by atoms with E-state index in [1.807, 2.05) is 4.90 Å². The van der Waals surface area contributed by atoms with Gasteiger partial charge in [-0.1, -0.05) is 0 Å². The first-order valence-electron chi connectivity index (χ1n) is 6.74. The monoisotopic (exact) mass is 261 g/mol. The molecule has 2 saturated heterocycles. The highest BCUT2D eigenvalue weighted by Gasteiger charge is 2.36. The maximum Gasteiger partial charge on any atom is 0.274 e. The Morgan fingerprint density at radius 3 is 2.79 bits per heavy atom. The number of rotatable bonds is 1. The van der Waals surface area contributed by atoms with E-state index in [0.717, 1.165) is 19.5 Å². The second-order valence-corrected chi connectivity index (χ2v) is 5.42. The molecule has 2 fully saturated rings. The van der Waals surface area contributed by atoms with Crippen molar-refractivity contribution < 1.29 is 4.79 Å². The van der Waals surface area contributed by atoms with Gasteiger partial charge in [0.25, 0.3) is 5.91 Å². The molecule has 2 atom stereocenters. The van der Waals surface area contributed by atoms with Crippen molar-refractivity contribution in [3.8, 4) is 0 Å². The van der Waals surface area contributed by atoms with Crippen LogP contribution in [0.15, 0.2) is 12.4 Å². The van der Waals surface area contributed by atoms with Crippen molar-refractivity contribution in [1.82, 2.24) is 19.8 Å². The number of carbonyl (C=O) groups is 1. The molecular formula is C13H19N5O. The number of anilines is 1. The third kappa shape index (κ3) is 2.28. The van der Waals surface area contributed by atoms with Gasteiger partial charge < -0.3 is 10.6 Å². The van der Waals surface area contributed by atoms with Crippen LogP contribution in [-0.2, 0) is 0 Å². The molecule has 3 rings (SSSR count). The predicted octanol–water partition coefficient (Wildman–Crippen LogP) is 0.367. The second kappa shape index (κ2) is 4.77. The third-order valence-corrected chi connectivity index (χ3v) is 4.33. The summed E-state index contributed by atoms with van der Waals surface area (Å²) in [6.07, 6.45) is 6.37. The van der Waals surface area contributed by atoms with Crippen LogP contribution in [0.4, 0.5) is 5.82 Å². The maximum atomic E-state index is 12.4. The minimum Gasteiger partial charge on any atom is -0.382 e. The van der Waals surface area contributed by atoms with Crippen molar-refractivity contribution in [3.05, 3.63) is 18.1 Å². The van der Waals surface area contributed by atoms with Crippen molar-refractivity contribution in [3.63, 3.8) is 0 Å². The molecular weight excluding hydrogens is 242 g/mol. The lowest BCUT2D eigenvalue weighted by Gasteiger charge is -2.25. The van der Waals surface area contributed by atoms with Crippen LogP contribution in [0.5, 0.6) is 0 Å². The zero-order valence-electron chi connectivity index (χ0n) is 11.1. The van der Waals surface area contributed by atoms with E-state index in [1.165, 1.54) is 25.2 Å². The lowest BCUT2D eigenvalue weighted by molar-refractivity contribution is 0.0734. The smallest absolute Gasteiger partial charge is 0.274 e. The molecule has 0 aromatic carbocycles. The second-order valence-electron chi connectivity index (χ2n) is 5.42. The number of likely N-dealkylation sites (N-methyl/N-ethyl adjacent to an activating group) is 1. The molecule has 2 aliphatic rings. The van der Waals surface area contributed by atoms with Crippen molar-refractivity contribution >= 4 is 11.7 Å². The Kier molecular flexibility index (Phi) is 3.10. The number of hydrogen-bond acceptors (Lipinski definition) is 5. The number of likely N-dealkylation sites (tertiary alicyclic amines) is 1. The highest BCUT2D eigenvalue weighted by molar-refractivity contribution is 5.92. The highest BCUT2D eigenvalue weighted by Crippen LogP contribution is 2.28. The fraction of sp³-hybridized carbons (Fsp3) is 0.615. The number of aromatic nitrogens is 2. The molecule has 2 N–H and O–H groups in total. The molecule has 0 radical (unpaired) electrons. The van der Waals surface area contributed by atoms with Crippen molar-refractivity contribution in [1.29, 1.82) is 0 Å². The van der Waals surface area contributed by atoms with E-state index in [4.69, 9.17) is 5.73 Å². The van der Waals surface area contributed by atoms with E-state index in [1.54, 1.807) is 0 Å². The number of amides is 1. The van der Waals surface area contributed by atoms with Crippen LogP contribution in [0.25, 0.3) is 0 Å². The van der Waals surface area contributed by atoms with E-state index in [2.05, 4.69) is 21.9 Å². The van der Waals surface area contributed by atoms with Crippen LogP contribution < -0.4 is 5.73 Å². The van der Waals surface area contributed by atoms with Gasteiger partial charge in [0.1, 0.15) is 11.5 Å². The molecule has 2 unspecified atom stereocenters. The molecule has 2 aliphatic heterocycles. The Hall–Kier alpha value is -1.69. The first-order chi connectivity index (χ1) is 9.15. The largest absolute Gasteiger partial charge is 0.382 e. The fourth-order valence-corrected chi connectivity index (χ4v) is 3.10. The molecule has 1 aromatic heterocycles. The normalized spacial score (nSPS) is 27.3. The summed E-state index contributed by atoms with van der Waals surface area (Å²) in [6, 6.07) is 1.11. The van der Waals surface area contributed by atoms with Crippen molar-refractivity contribution in [2.45, 2.75) is 31.3 Å². The first-order valence-corrected chi connectivity index (χ1v) is 6.74. The number of hydrogen-bond donors (Lipinski definition) is 1. The summed E-state index contributed by atoms with van der Waals surface area (Å²) < 4.78 is 0. The zero-order valence-corrected chi connectivity index (χ0v) is 11.1. The Morgan fingerprint density at radius 2 is 2.05 bits per heavy atom. The van der Waals surface area contributed by atoms with Gasteiger partial charge in [0.15, 0.2) is 0 Å². The summed E-state index contributed by atoms with van der Waals surface area (Å²) in [5.41, 5.74) is 5.88. The van der Waals surface area contributed by atoms with E-state index in [9.17, 15) is 4.79 Å². The fourth-order valence-electron chi connectivity index (χ4n) is 3.10. The van der Waals surface area contributed by atoms with Crippen LogP contribution >= 0.6 is 0 Å². The molecule has 0 spiro atoms. The lowest BCUT2D eigenvalue weighted by atomic mass is 10.1. The lowest BCUT2D eigenvalue weighted by Crippen LogP contribution is -2.40. The summed E-state index contributed by atoms with van der Waals surface area (Å²) in [6.45, 7) is 1.59. The van der Waals surface area contributed by atoms with Crippen molar-refractivity contribution in [2.24, 2.45) is 0 Å². The minimum atomic E-state index is -0.0338. The number of nitrogens with two attached hydrogens (primary N) is 1. The number of carbonyl (C=O) groups excluding carboxylic acids is 1. The molecule has 3 heterocycles. The van der Waals surface area contributed by atoms with Crippen LogP contribution in [0.1, 0.15) is 29.8 Å². The van der Waals surface area contributed by atoms with Gasteiger partial charge in [0.05, 0.1) is 12.4 Å². The Balaban J connectivity index is 1.75. The summed E-state index contributed by atoms with van der Waals surface area (Å²) in [7, 11) is 2.17. The van der Waals surface area contributed by atoms with Crippen LogP contribution in [0.3, 0.4) is 0 Å². The molecule has 2 bridgehead atoms. The standard InChI is InChI=1S/C13H19N5O/c1-17-9-2-3-10(17)8-18(5-4-9)13(19)11-6-16-12(14)7-15-11/h6-7,9-10H,2-5,8H2,1H3,(H2,14,16). The SMILES string of the molecule is CN1C2CCC1CN(C(=O)c1cnc(N)cn1)CC2. The van der Waals surface area contributed by atoms with Gasteiger partial charge in [-0.3, -0.25) is 9.69 Å². The van der Waals surface area contributed by atoms with Crippen molar-refractivity contribution in [2.75, 3.05) is 25.9 Å². The summed E-state index contributed by atoms with van der Waals surface area (Å²) >= 11 is 0. The Bertz CT molecular complexity index is 474. The summed E-state index contributed by atoms with van der Waals surface area (Å²) in [5.74, 6) is 0.305. The van der Waals surface area contributed by atoms with Gasteiger partial charge in [-0.15, -0.1) is 0 Å². The average molecular weight is 261 g/mol. The molecule has 6 heteroatoms. The predicted molar refractivity (Wildman–Crippen MR) is 71.5 cm³/mol. The summed E-state index contributed by atoms with van der Waals surface area (Å²) in [4.78, 5) is 24.7. The molecule has 19 heavy (non-hydrogen) atoms. The molecule has 102 valence electrons. The van der Waals surface area contributed by atoms with Gasteiger partial charge >= 0.3 is 0 Å². The van der Waals surface area contributed by atoms with E-state index in [-0.39, 0.29) is 5.91 Å². The van der Waals surface area contributed by atoms with Gasteiger partial charge in [0, 0.05) is 25.2 Å². The number of nitrogen functional groups attached to an aromatic ring is 1. The maximum absolute atomic E-state index is 12.4.